The molecule has 32 heavy (non-hydrogen) atoms. The minimum Gasteiger partial charge on any atom is -0.497 e. The van der Waals surface area contributed by atoms with Crippen LogP contribution in [0.4, 0.5) is 5.69 Å². The molecule has 170 valence electrons. The molecule has 1 atom stereocenters. The quantitative estimate of drug-likeness (QED) is 0.753. The number of rotatable bonds is 6. The minimum atomic E-state index is -0.0780. The van der Waals surface area contributed by atoms with Gasteiger partial charge in [0, 0.05) is 44.3 Å². The summed E-state index contributed by atoms with van der Waals surface area (Å²) in [5.41, 5.74) is 2.66. The largest absolute Gasteiger partial charge is 0.497 e. The zero-order valence-corrected chi connectivity index (χ0v) is 18.6. The van der Waals surface area contributed by atoms with E-state index in [1.165, 1.54) is 0 Å². The van der Waals surface area contributed by atoms with Gasteiger partial charge >= 0.3 is 0 Å². The summed E-state index contributed by atoms with van der Waals surface area (Å²) in [5, 5.41) is 3.18. The number of benzene rings is 2. The lowest BCUT2D eigenvalue weighted by Crippen LogP contribution is -2.39. The molecule has 4 rings (SSSR count). The van der Waals surface area contributed by atoms with Crippen molar-refractivity contribution >= 4 is 17.5 Å². The molecular weight excluding hydrogens is 406 g/mol. The molecule has 7 nitrogen and oxygen atoms in total. The molecule has 2 heterocycles. The number of methoxy groups -OCH3 is 1. The van der Waals surface area contributed by atoms with E-state index in [1.807, 2.05) is 53.4 Å². The number of anilines is 1. The molecule has 2 aromatic carbocycles. The molecule has 2 aromatic rings. The number of likely N-dealkylation sites (tertiary alicyclic amines) is 1. The van der Waals surface area contributed by atoms with Crippen LogP contribution in [-0.2, 0) is 16.1 Å². The molecule has 2 saturated heterocycles. The zero-order chi connectivity index (χ0) is 22.3. The smallest absolute Gasteiger partial charge is 0.253 e. The van der Waals surface area contributed by atoms with Gasteiger partial charge in [-0.1, -0.05) is 24.3 Å². The van der Waals surface area contributed by atoms with Gasteiger partial charge in [-0.05, 0) is 42.7 Å². The average molecular weight is 438 g/mol. The maximum absolute atomic E-state index is 13.1. The molecule has 2 aliphatic heterocycles. The Balaban J connectivity index is 1.38. The summed E-state index contributed by atoms with van der Waals surface area (Å²) in [6.07, 6.45) is 1.82. The van der Waals surface area contributed by atoms with Crippen molar-refractivity contribution in [2.75, 3.05) is 44.9 Å². The molecule has 2 fully saturated rings. The summed E-state index contributed by atoms with van der Waals surface area (Å²) in [5.74, 6) is 0.831. The number of hydrogen-bond acceptors (Lipinski definition) is 5. The Morgan fingerprint density at radius 3 is 2.72 bits per heavy atom. The fourth-order valence-corrected chi connectivity index (χ4v) is 4.35. The molecular formula is C25H31N3O4. The number of ether oxygens (including phenoxy) is 2. The number of nitrogens with zero attached hydrogens (tertiary/aromatic N) is 2. The number of hydrogen-bond donors (Lipinski definition) is 1. The first kappa shape index (κ1) is 22.1. The van der Waals surface area contributed by atoms with Crippen molar-refractivity contribution in [1.82, 2.24) is 10.2 Å². The van der Waals surface area contributed by atoms with Crippen molar-refractivity contribution in [2.24, 2.45) is 0 Å². The lowest BCUT2D eigenvalue weighted by molar-refractivity contribution is -0.131. The Morgan fingerprint density at radius 1 is 1.09 bits per heavy atom. The van der Waals surface area contributed by atoms with Crippen molar-refractivity contribution < 1.29 is 19.1 Å². The van der Waals surface area contributed by atoms with Crippen LogP contribution >= 0.6 is 0 Å². The van der Waals surface area contributed by atoms with Crippen LogP contribution in [-0.4, -0.2) is 62.7 Å². The van der Waals surface area contributed by atoms with Gasteiger partial charge in [-0.25, -0.2) is 0 Å². The molecule has 0 radical (unpaired) electrons. The standard InChI is InChI=1S/C25H31N3O4/c1-31-21-6-4-5-19(17-21)18-28-12-11-20(9-10-24(28)29)26-25(30)22-7-2-3-8-23(22)27-13-15-32-16-14-27/h2-8,17,20H,9-16,18H2,1H3,(H,26,30). The number of carbonyl (C=O) groups excluding carboxylic acids is 2. The topological polar surface area (TPSA) is 71.1 Å². The summed E-state index contributed by atoms with van der Waals surface area (Å²) in [4.78, 5) is 29.9. The van der Waals surface area contributed by atoms with Gasteiger partial charge in [-0.15, -0.1) is 0 Å². The second-order valence-corrected chi connectivity index (χ2v) is 8.28. The molecule has 2 aliphatic rings. The SMILES string of the molecule is COc1cccc(CN2CCC(NC(=O)c3ccccc3N3CCOCC3)CCC2=O)c1. The Hall–Kier alpha value is -3.06. The van der Waals surface area contributed by atoms with Crippen LogP contribution in [0.3, 0.4) is 0 Å². The van der Waals surface area contributed by atoms with Gasteiger partial charge < -0.3 is 24.6 Å². The maximum Gasteiger partial charge on any atom is 0.253 e. The fourth-order valence-electron chi connectivity index (χ4n) is 4.35. The van der Waals surface area contributed by atoms with Crippen LogP contribution in [0.2, 0.25) is 0 Å². The highest BCUT2D eigenvalue weighted by atomic mass is 16.5. The van der Waals surface area contributed by atoms with Crippen LogP contribution in [0.1, 0.15) is 35.2 Å². The van der Waals surface area contributed by atoms with Crippen molar-refractivity contribution in [3.05, 3.63) is 59.7 Å². The molecule has 0 saturated carbocycles. The predicted molar refractivity (Wildman–Crippen MR) is 123 cm³/mol. The molecule has 1 N–H and O–H groups in total. The highest BCUT2D eigenvalue weighted by Gasteiger charge is 2.25. The van der Waals surface area contributed by atoms with Gasteiger partial charge in [0.25, 0.3) is 5.91 Å². The van der Waals surface area contributed by atoms with E-state index in [0.717, 1.165) is 36.5 Å². The van der Waals surface area contributed by atoms with Crippen molar-refractivity contribution in [3.8, 4) is 5.75 Å². The summed E-state index contributed by atoms with van der Waals surface area (Å²) in [7, 11) is 1.64. The van der Waals surface area contributed by atoms with Gasteiger partial charge in [0.1, 0.15) is 5.75 Å². The van der Waals surface area contributed by atoms with Crippen LogP contribution in [0.5, 0.6) is 5.75 Å². The van der Waals surface area contributed by atoms with Gasteiger partial charge in [-0.2, -0.15) is 0 Å². The lowest BCUT2D eigenvalue weighted by Gasteiger charge is -2.30. The Bertz CT molecular complexity index is 942. The summed E-state index contributed by atoms with van der Waals surface area (Å²) in [6.45, 7) is 4.07. The third-order valence-electron chi connectivity index (χ3n) is 6.15. The van der Waals surface area contributed by atoms with E-state index in [4.69, 9.17) is 9.47 Å². The van der Waals surface area contributed by atoms with Crippen LogP contribution < -0.4 is 15.0 Å². The fraction of sp³-hybridized carbons (Fsp3) is 0.440. The first-order chi connectivity index (χ1) is 15.6. The van der Waals surface area contributed by atoms with E-state index in [1.54, 1.807) is 7.11 Å². The molecule has 1 unspecified atom stereocenters. The highest BCUT2D eigenvalue weighted by molar-refractivity contribution is 6.00. The van der Waals surface area contributed by atoms with Crippen molar-refractivity contribution in [3.63, 3.8) is 0 Å². The molecule has 0 bridgehead atoms. The van der Waals surface area contributed by atoms with Crippen LogP contribution in [0.25, 0.3) is 0 Å². The predicted octanol–water partition coefficient (Wildman–Crippen LogP) is 2.84. The van der Waals surface area contributed by atoms with E-state index in [2.05, 4.69) is 10.2 Å². The van der Waals surface area contributed by atoms with Gasteiger partial charge in [0.05, 0.1) is 25.9 Å². The van der Waals surface area contributed by atoms with Crippen molar-refractivity contribution in [2.45, 2.75) is 31.8 Å². The third kappa shape index (κ3) is 5.40. The van der Waals surface area contributed by atoms with E-state index in [9.17, 15) is 9.59 Å². The molecule has 2 amide bonds. The minimum absolute atomic E-state index is 0.0282. The molecule has 7 heteroatoms. The molecule has 0 aliphatic carbocycles. The number of para-hydroxylation sites is 1. The first-order valence-electron chi connectivity index (χ1n) is 11.3. The Labute approximate surface area is 189 Å². The van der Waals surface area contributed by atoms with Crippen LogP contribution in [0.15, 0.2) is 48.5 Å². The zero-order valence-electron chi connectivity index (χ0n) is 18.6. The second-order valence-electron chi connectivity index (χ2n) is 8.28. The third-order valence-corrected chi connectivity index (χ3v) is 6.15. The maximum atomic E-state index is 13.1. The lowest BCUT2D eigenvalue weighted by atomic mass is 10.1. The summed E-state index contributed by atoms with van der Waals surface area (Å²) >= 11 is 0. The summed E-state index contributed by atoms with van der Waals surface area (Å²) < 4.78 is 10.7. The van der Waals surface area contributed by atoms with Crippen LogP contribution in [0, 0.1) is 0 Å². The highest BCUT2D eigenvalue weighted by Crippen LogP contribution is 2.23. The summed E-state index contributed by atoms with van der Waals surface area (Å²) in [6, 6.07) is 15.5. The number of morpholine rings is 1. The van der Waals surface area contributed by atoms with Crippen molar-refractivity contribution in [1.29, 1.82) is 0 Å². The second kappa shape index (κ2) is 10.5. The van der Waals surface area contributed by atoms with E-state index >= 15 is 0 Å². The van der Waals surface area contributed by atoms with E-state index in [-0.39, 0.29) is 17.9 Å². The Kier molecular flexibility index (Phi) is 7.27. The number of amides is 2. The van der Waals surface area contributed by atoms with E-state index < -0.39 is 0 Å². The first-order valence-corrected chi connectivity index (χ1v) is 11.3. The number of carbonyl (C=O) groups is 2. The Morgan fingerprint density at radius 2 is 1.91 bits per heavy atom. The van der Waals surface area contributed by atoms with Gasteiger partial charge in [0.2, 0.25) is 5.91 Å². The average Bonchev–Trinajstić information content (AvgIpc) is 3.01. The monoisotopic (exact) mass is 437 g/mol. The van der Waals surface area contributed by atoms with Gasteiger partial charge in [-0.3, -0.25) is 9.59 Å². The number of nitrogens with one attached hydrogen (secondary N) is 1. The normalized spacial score (nSPS) is 19.4. The molecule has 0 aromatic heterocycles. The van der Waals surface area contributed by atoms with Gasteiger partial charge in [0.15, 0.2) is 0 Å². The molecule has 0 spiro atoms. The van der Waals surface area contributed by atoms with E-state index in [0.29, 0.717) is 44.7 Å².